The number of methoxy groups -OCH3 is 1. The van der Waals surface area contributed by atoms with Gasteiger partial charge < -0.3 is 4.74 Å². The number of rotatable bonds is 4. The lowest BCUT2D eigenvalue weighted by Crippen LogP contribution is -2.03. The monoisotopic (exact) mass is 254 g/mol. The Kier molecular flexibility index (Phi) is 6.92. The third-order valence-corrected chi connectivity index (χ3v) is 2.59. The fourth-order valence-corrected chi connectivity index (χ4v) is 1.55. The van der Waals surface area contributed by atoms with Crippen LogP contribution in [0.4, 0.5) is 0 Å². The van der Waals surface area contributed by atoms with Gasteiger partial charge in [0.1, 0.15) is 0 Å². The van der Waals surface area contributed by atoms with Gasteiger partial charge in [0.15, 0.2) is 0 Å². The predicted molar refractivity (Wildman–Crippen MR) is 76.6 cm³/mol. The van der Waals surface area contributed by atoms with Crippen LogP contribution in [0.3, 0.4) is 0 Å². The fourth-order valence-electron chi connectivity index (χ4n) is 1.55. The second-order valence-corrected chi connectivity index (χ2v) is 4.05. The van der Waals surface area contributed by atoms with E-state index in [1.807, 2.05) is 6.07 Å². The minimum absolute atomic E-state index is 0.374. The molecule has 0 atom stereocenters. The van der Waals surface area contributed by atoms with E-state index in [9.17, 15) is 4.79 Å². The molecule has 0 saturated heterocycles. The number of unbranched alkanes of at least 4 members (excludes halogenated alkanes) is 3. The topological polar surface area (TPSA) is 26.3 Å². The zero-order valence-corrected chi connectivity index (χ0v) is 11.5. The van der Waals surface area contributed by atoms with E-state index in [1.165, 1.54) is 20.0 Å². The Hall–Kier alpha value is -2.19. The van der Waals surface area contributed by atoms with Crippen molar-refractivity contribution in [2.45, 2.75) is 32.6 Å². The van der Waals surface area contributed by atoms with Crippen molar-refractivity contribution >= 4 is 5.97 Å². The molecular weight excluding hydrogens is 236 g/mol. The van der Waals surface area contributed by atoms with Gasteiger partial charge in [-0.25, -0.2) is 4.79 Å². The Bertz CT molecular complexity index is 536. The Morgan fingerprint density at radius 3 is 2.74 bits per heavy atom. The minimum atomic E-state index is -0.374. The molecule has 0 aliphatic heterocycles. The lowest BCUT2D eigenvalue weighted by molar-refractivity contribution is 0.0600. The van der Waals surface area contributed by atoms with E-state index in [1.54, 1.807) is 18.2 Å². The number of benzene rings is 1. The first-order valence-electron chi connectivity index (χ1n) is 6.45. The van der Waals surface area contributed by atoms with E-state index in [2.05, 4.69) is 30.6 Å². The summed E-state index contributed by atoms with van der Waals surface area (Å²) in [4.78, 5) is 11.5. The summed E-state index contributed by atoms with van der Waals surface area (Å²) in [6.45, 7) is 2.16. The second kappa shape index (κ2) is 8.84. The molecule has 0 heterocycles. The number of carbonyl (C=O) groups excluding carboxylic acids is 1. The summed E-state index contributed by atoms with van der Waals surface area (Å²) >= 11 is 0. The van der Waals surface area contributed by atoms with Gasteiger partial charge in [-0.1, -0.05) is 43.7 Å². The van der Waals surface area contributed by atoms with Gasteiger partial charge in [-0.05, 0) is 30.4 Å². The van der Waals surface area contributed by atoms with Crippen molar-refractivity contribution in [2.24, 2.45) is 0 Å². The molecule has 0 spiro atoms. The Morgan fingerprint density at radius 2 is 2.00 bits per heavy atom. The normalized spacial score (nSPS) is 8.74. The maximum Gasteiger partial charge on any atom is 0.339 e. The molecule has 2 heteroatoms. The highest BCUT2D eigenvalue weighted by Gasteiger charge is 2.08. The van der Waals surface area contributed by atoms with Crippen LogP contribution < -0.4 is 0 Å². The van der Waals surface area contributed by atoms with Crippen molar-refractivity contribution < 1.29 is 9.53 Å². The molecule has 2 nitrogen and oxygen atoms in total. The maximum absolute atomic E-state index is 11.5. The number of hydrogen-bond donors (Lipinski definition) is 0. The largest absolute Gasteiger partial charge is 0.465 e. The third-order valence-electron chi connectivity index (χ3n) is 2.59. The zero-order valence-electron chi connectivity index (χ0n) is 11.5. The average molecular weight is 254 g/mol. The van der Waals surface area contributed by atoms with E-state index < -0.39 is 0 Å². The highest BCUT2D eigenvalue weighted by Crippen LogP contribution is 2.08. The van der Waals surface area contributed by atoms with Crippen LogP contribution in [0.1, 0.15) is 48.5 Å². The molecular formula is C17H18O2. The minimum Gasteiger partial charge on any atom is -0.465 e. The van der Waals surface area contributed by atoms with Crippen molar-refractivity contribution in [3.63, 3.8) is 0 Å². The van der Waals surface area contributed by atoms with Gasteiger partial charge in [0.25, 0.3) is 0 Å². The molecule has 0 aromatic heterocycles. The van der Waals surface area contributed by atoms with Gasteiger partial charge in [0.05, 0.1) is 12.7 Å². The van der Waals surface area contributed by atoms with Crippen molar-refractivity contribution in [2.75, 3.05) is 7.11 Å². The SMILES string of the molecule is CCCCCC#CC#Cc1ccccc1C(=O)OC. The molecule has 1 rings (SSSR count). The van der Waals surface area contributed by atoms with E-state index in [4.69, 9.17) is 4.74 Å². The molecule has 98 valence electrons. The second-order valence-electron chi connectivity index (χ2n) is 4.05. The first kappa shape index (κ1) is 14.9. The first-order chi connectivity index (χ1) is 9.29. The van der Waals surface area contributed by atoms with E-state index in [0.29, 0.717) is 11.1 Å². The van der Waals surface area contributed by atoms with Crippen LogP contribution in [0.5, 0.6) is 0 Å². The number of hydrogen-bond acceptors (Lipinski definition) is 2. The van der Waals surface area contributed by atoms with Crippen molar-refractivity contribution in [1.82, 2.24) is 0 Å². The predicted octanol–water partition coefficient (Wildman–Crippen LogP) is 3.41. The molecule has 0 unspecified atom stereocenters. The molecule has 0 fully saturated rings. The quantitative estimate of drug-likeness (QED) is 0.467. The Balaban J connectivity index is 2.70. The van der Waals surface area contributed by atoms with Crippen molar-refractivity contribution in [3.05, 3.63) is 35.4 Å². The molecule has 0 saturated carbocycles. The number of carbonyl (C=O) groups is 1. The summed E-state index contributed by atoms with van der Waals surface area (Å²) in [5.41, 5.74) is 1.13. The standard InChI is InChI=1S/C17H18O2/c1-3-4-5-6-7-8-9-12-15-13-10-11-14-16(15)17(18)19-2/h10-11,13-14H,3-6H2,1-2H3. The molecule has 0 radical (unpaired) electrons. The number of esters is 1. The molecule has 19 heavy (non-hydrogen) atoms. The van der Waals surface area contributed by atoms with Crippen LogP contribution in [-0.2, 0) is 4.74 Å². The van der Waals surface area contributed by atoms with Crippen molar-refractivity contribution in [1.29, 1.82) is 0 Å². The van der Waals surface area contributed by atoms with Gasteiger partial charge in [-0.3, -0.25) is 0 Å². The van der Waals surface area contributed by atoms with Crippen LogP contribution in [0, 0.1) is 23.7 Å². The zero-order chi connectivity index (χ0) is 13.9. The molecule has 0 amide bonds. The lowest BCUT2D eigenvalue weighted by Gasteiger charge is -2.00. The van der Waals surface area contributed by atoms with E-state index in [-0.39, 0.29) is 5.97 Å². The van der Waals surface area contributed by atoms with E-state index >= 15 is 0 Å². The van der Waals surface area contributed by atoms with E-state index in [0.717, 1.165) is 12.8 Å². The van der Waals surface area contributed by atoms with Gasteiger partial charge in [0.2, 0.25) is 0 Å². The molecule has 1 aromatic carbocycles. The average Bonchev–Trinajstić information content (AvgIpc) is 2.46. The summed E-state index contributed by atoms with van der Waals surface area (Å²) < 4.78 is 4.71. The smallest absolute Gasteiger partial charge is 0.339 e. The van der Waals surface area contributed by atoms with Crippen LogP contribution in [0.2, 0.25) is 0 Å². The molecule has 0 aliphatic carbocycles. The van der Waals surface area contributed by atoms with Gasteiger partial charge >= 0.3 is 5.97 Å². The summed E-state index contributed by atoms with van der Waals surface area (Å²) in [6, 6.07) is 7.11. The molecule has 0 bridgehead atoms. The van der Waals surface area contributed by atoms with Gasteiger partial charge in [0, 0.05) is 12.0 Å². The third kappa shape index (κ3) is 5.32. The fraction of sp³-hybridized carbons (Fsp3) is 0.353. The summed E-state index contributed by atoms with van der Waals surface area (Å²) in [5, 5.41) is 0. The first-order valence-corrected chi connectivity index (χ1v) is 6.45. The lowest BCUT2D eigenvalue weighted by atomic mass is 10.1. The summed E-state index contributed by atoms with van der Waals surface area (Å²) in [7, 11) is 1.36. The van der Waals surface area contributed by atoms with Crippen LogP contribution in [0.25, 0.3) is 0 Å². The van der Waals surface area contributed by atoms with Crippen LogP contribution in [-0.4, -0.2) is 13.1 Å². The molecule has 0 N–H and O–H groups in total. The Labute approximate surface area is 115 Å². The van der Waals surface area contributed by atoms with Gasteiger partial charge in [-0.2, -0.15) is 0 Å². The Morgan fingerprint density at radius 1 is 1.21 bits per heavy atom. The van der Waals surface area contributed by atoms with Crippen LogP contribution >= 0.6 is 0 Å². The van der Waals surface area contributed by atoms with Gasteiger partial charge in [-0.15, -0.1) is 0 Å². The highest BCUT2D eigenvalue weighted by atomic mass is 16.5. The molecule has 0 aliphatic rings. The van der Waals surface area contributed by atoms with Crippen molar-refractivity contribution in [3.8, 4) is 23.7 Å². The maximum atomic E-state index is 11.5. The molecule has 1 aromatic rings. The highest BCUT2D eigenvalue weighted by molar-refractivity contribution is 5.92. The summed E-state index contributed by atoms with van der Waals surface area (Å²) in [5.74, 6) is 11.1. The number of ether oxygens (including phenoxy) is 1. The summed E-state index contributed by atoms with van der Waals surface area (Å²) in [6.07, 6.45) is 4.39. The van der Waals surface area contributed by atoms with Crippen LogP contribution in [0.15, 0.2) is 24.3 Å².